The van der Waals surface area contributed by atoms with Crippen LogP contribution in [0.15, 0.2) is 158 Å². The van der Waals surface area contributed by atoms with Crippen LogP contribution in [0.2, 0.25) is 25.7 Å². The van der Waals surface area contributed by atoms with Crippen molar-refractivity contribution >= 4 is 40.7 Å². The Labute approximate surface area is 649 Å². The second kappa shape index (κ2) is 39.7. The van der Waals surface area contributed by atoms with E-state index < -0.39 is 160 Å². The minimum absolute atomic E-state index is 0.0293. The van der Waals surface area contributed by atoms with Crippen LogP contribution in [-0.2, 0) is 125 Å². The van der Waals surface area contributed by atoms with Crippen LogP contribution in [0, 0.1) is 0 Å². The number of hydrogen-bond donors (Lipinski definition) is 0. The molecule has 0 amide bonds. The van der Waals surface area contributed by atoms with Crippen molar-refractivity contribution in [2.24, 2.45) is 0 Å². The Kier molecular flexibility index (Phi) is 30.1. The van der Waals surface area contributed by atoms with E-state index in [4.69, 9.17) is 89.4 Å². The molecule has 600 valence electrons. The molecule has 6 aliphatic rings. The molecule has 0 spiro atoms. The normalized spacial score (nSPS) is 31.7. The smallest absolute Gasteiger partial charge is 0.306 e. The van der Waals surface area contributed by atoms with Crippen LogP contribution >= 0.6 is 0 Å². The number of ether oxygens (including phenoxy) is 18. The Hall–Kier alpha value is -6.15. The SMILES string of the molecule is CC(=O)CCC(=O)O[C@H]1CC[C@H](O[C@@H]2C[C@H](O[C@@H]3[C@@H](C)O[C@@H](O[C@H]4CC[C@H](O[C@@H]5[C@@H](C)O[C@@H](O[C@@H]6[C@@H](C)O[C@@H](Oc7ccc(OCOCC[Si](C)(C)C)cc7)C[C@H]6OCc6ccccc6)C[C@H]5OCc5ccc6ccccc6c5)O[C@H]4C)C[C@H]3OCc3ccccc3)O[C@H](C)[C@H]2OS(=O)(=O)Cc2ccccc2)O[C@H]1C. The first-order valence-corrected chi connectivity index (χ1v) is 44.5. The Balaban J connectivity index is 0.693. The molecule has 0 unspecified atom stereocenters. The third kappa shape index (κ3) is 24.7. The average molecular weight is 1560 g/mol. The maximum atomic E-state index is 13.9. The highest BCUT2D eigenvalue weighted by atomic mass is 32.2. The van der Waals surface area contributed by atoms with Gasteiger partial charge in [-0.15, -0.1) is 0 Å². The molecule has 6 fully saturated rings. The average Bonchev–Trinajstić information content (AvgIpc) is 0.796. The van der Waals surface area contributed by atoms with Gasteiger partial charge >= 0.3 is 5.97 Å². The van der Waals surface area contributed by atoms with Gasteiger partial charge in [0.05, 0.1) is 93.4 Å². The summed E-state index contributed by atoms with van der Waals surface area (Å²) in [4.78, 5) is 24.3. The van der Waals surface area contributed by atoms with Crippen LogP contribution in [0.4, 0.5) is 0 Å². The van der Waals surface area contributed by atoms with E-state index in [0.717, 1.165) is 33.5 Å². The van der Waals surface area contributed by atoms with Crippen LogP contribution in [-0.4, -0.2) is 177 Å². The van der Waals surface area contributed by atoms with Gasteiger partial charge in [0.25, 0.3) is 10.1 Å². The molecule has 22 atom stereocenters. The topological polar surface area (TPSA) is 244 Å². The lowest BCUT2D eigenvalue weighted by atomic mass is 9.99. The zero-order valence-corrected chi connectivity index (χ0v) is 66.8. The van der Waals surface area contributed by atoms with Gasteiger partial charge in [-0.25, -0.2) is 0 Å². The minimum atomic E-state index is -4.18. The standard InChI is InChI=1S/C85H112O23SSi/c1-54(86)30-39-75(87)102-69-37-40-76(95-55(69)2)104-74-48-81(100-60(7)85(74)108-109(88,89)52-63-26-18-13-19-27-63)107-84-59(6)98-79(46-72(84)92-50-62-24-16-12-17-25-62)103-70-38-41-77(96-56(70)3)105-82-57(4)99-80(47-73(82)93-51-64-31-32-65-28-20-21-29-66(65)44-64)106-83-58(5)97-78(45-71(83)91-49-61-22-14-11-15-23-61)101-68-35-33-67(34-36-68)94-53-90-42-43-110(8,9)10/h11-29,31-36,44,55-60,69-74,76-85H,30,37-43,45-53H2,1-10H3/t55-,56-,57+,58+,59+,60+,69-,70-,71+,72+,73+,74+,76-,77-,78-,79-,80-,81-,82+,83+,84+,85+/m0/s1. The Bertz CT molecular complexity index is 3920. The zero-order chi connectivity index (χ0) is 77.3. The van der Waals surface area contributed by atoms with Crippen LogP contribution < -0.4 is 9.47 Å². The fourth-order valence-electron chi connectivity index (χ4n) is 14.9. The number of esters is 1. The zero-order valence-electron chi connectivity index (χ0n) is 65.0. The van der Waals surface area contributed by atoms with Crippen molar-refractivity contribution in [2.75, 3.05) is 13.4 Å². The van der Waals surface area contributed by atoms with Crippen molar-refractivity contribution in [3.63, 3.8) is 0 Å². The van der Waals surface area contributed by atoms with E-state index in [2.05, 4.69) is 50.0 Å². The summed E-state index contributed by atoms with van der Waals surface area (Å²) < 4.78 is 153. The largest absolute Gasteiger partial charge is 0.468 e. The molecular formula is C85H112O23SSi. The van der Waals surface area contributed by atoms with Crippen LogP contribution in [0.1, 0.15) is 135 Å². The molecule has 0 N–H and O–H groups in total. The fraction of sp³-hybridized carbons (Fsp3) is 0.576. The summed E-state index contributed by atoms with van der Waals surface area (Å²) in [6.45, 7) is 21.5. The first-order chi connectivity index (χ1) is 53.0. The van der Waals surface area contributed by atoms with Crippen molar-refractivity contribution in [1.82, 2.24) is 0 Å². The predicted octanol–water partition coefficient (Wildman–Crippen LogP) is 14.4. The molecule has 23 nitrogen and oxygen atoms in total. The number of rotatable bonds is 35. The highest BCUT2D eigenvalue weighted by molar-refractivity contribution is 7.85. The summed E-state index contributed by atoms with van der Waals surface area (Å²) in [5.74, 6) is 0.336. The Morgan fingerprint density at radius 2 is 0.873 bits per heavy atom. The van der Waals surface area contributed by atoms with Gasteiger partial charge in [-0.1, -0.05) is 147 Å². The van der Waals surface area contributed by atoms with E-state index >= 15 is 0 Å². The van der Waals surface area contributed by atoms with E-state index in [1.165, 1.54) is 6.92 Å². The Morgan fingerprint density at radius 1 is 0.427 bits per heavy atom. The number of Topliss-reactive ketones (excluding diaryl/α,β-unsaturated/α-hetero) is 1. The summed E-state index contributed by atoms with van der Waals surface area (Å²) >= 11 is 0. The third-order valence-corrected chi connectivity index (χ3v) is 23.8. The number of fused-ring (bicyclic) bond motifs is 1. The van der Waals surface area contributed by atoms with Gasteiger partial charge in [-0.05, 0) is 131 Å². The van der Waals surface area contributed by atoms with Crippen LogP contribution in [0.5, 0.6) is 11.5 Å². The molecule has 25 heteroatoms. The molecule has 6 aromatic carbocycles. The van der Waals surface area contributed by atoms with E-state index in [9.17, 15) is 18.0 Å². The molecular weight excluding hydrogens is 1450 g/mol. The van der Waals surface area contributed by atoms with Crippen molar-refractivity contribution in [3.05, 3.63) is 180 Å². The highest BCUT2D eigenvalue weighted by Gasteiger charge is 2.50. The molecule has 6 saturated heterocycles. The van der Waals surface area contributed by atoms with Crippen molar-refractivity contribution in [2.45, 2.75) is 299 Å². The maximum Gasteiger partial charge on any atom is 0.306 e. The second-order valence-corrected chi connectivity index (χ2v) is 38.3. The van der Waals surface area contributed by atoms with Crippen molar-refractivity contribution in [1.29, 1.82) is 0 Å². The number of carbonyl (C=O) groups excluding carboxylic acids is 2. The molecule has 12 rings (SSSR count). The third-order valence-electron chi connectivity index (χ3n) is 20.9. The maximum absolute atomic E-state index is 13.9. The van der Waals surface area contributed by atoms with Crippen molar-refractivity contribution < 1.29 is 107 Å². The summed E-state index contributed by atoms with van der Waals surface area (Å²) in [5, 5.41) is 2.25. The first-order valence-electron chi connectivity index (χ1n) is 39.2. The monoisotopic (exact) mass is 1560 g/mol. The quantitative estimate of drug-likeness (QED) is 0.0118. The van der Waals surface area contributed by atoms with E-state index in [-0.39, 0.29) is 50.6 Å². The van der Waals surface area contributed by atoms with E-state index in [0.29, 0.717) is 75.4 Å². The molecule has 0 aliphatic carbocycles. The molecule has 6 heterocycles. The lowest BCUT2D eigenvalue weighted by Gasteiger charge is -2.47. The molecule has 0 radical (unpaired) electrons. The first kappa shape index (κ1) is 83.3. The van der Waals surface area contributed by atoms with Gasteiger partial charge in [0.2, 0.25) is 6.29 Å². The second-order valence-electron chi connectivity index (χ2n) is 31.1. The summed E-state index contributed by atoms with van der Waals surface area (Å²) in [5.41, 5.74) is 3.55. The van der Waals surface area contributed by atoms with Gasteiger partial charge in [0, 0.05) is 59.6 Å². The van der Waals surface area contributed by atoms with Crippen molar-refractivity contribution in [3.8, 4) is 11.5 Å². The molecule has 0 bridgehead atoms. The van der Waals surface area contributed by atoms with Gasteiger partial charge in [-0.2, -0.15) is 8.42 Å². The lowest BCUT2D eigenvalue weighted by molar-refractivity contribution is -0.345. The number of hydrogen-bond acceptors (Lipinski definition) is 23. The fourth-order valence-corrected chi connectivity index (χ4v) is 16.9. The molecule has 110 heavy (non-hydrogen) atoms. The number of carbonyl (C=O) groups is 2. The number of ketones is 1. The van der Waals surface area contributed by atoms with E-state index in [1.54, 1.807) is 38.1 Å². The number of benzene rings is 6. The molecule has 6 aromatic rings. The summed E-state index contributed by atoms with van der Waals surface area (Å²) in [6.07, 6.45) is -11.5. The van der Waals surface area contributed by atoms with E-state index in [1.807, 2.05) is 131 Å². The van der Waals surface area contributed by atoms with Gasteiger partial charge < -0.3 is 90.1 Å². The molecule has 0 aromatic heterocycles. The predicted molar refractivity (Wildman–Crippen MR) is 410 cm³/mol. The molecule has 0 saturated carbocycles. The molecule has 6 aliphatic heterocycles. The minimum Gasteiger partial charge on any atom is -0.468 e. The van der Waals surface area contributed by atoms with Crippen LogP contribution in [0.3, 0.4) is 0 Å². The van der Waals surface area contributed by atoms with Gasteiger partial charge in [0.1, 0.15) is 53.6 Å². The Morgan fingerprint density at radius 3 is 1.43 bits per heavy atom. The van der Waals surface area contributed by atoms with Gasteiger partial charge in [-0.3, -0.25) is 8.98 Å². The summed E-state index contributed by atoms with van der Waals surface area (Å²) in [7, 11) is -5.40. The summed E-state index contributed by atoms with van der Waals surface area (Å²) in [6, 6.07) is 51.9. The highest BCUT2D eigenvalue weighted by Crippen LogP contribution is 2.40. The lowest BCUT2D eigenvalue weighted by Crippen LogP contribution is -2.57. The van der Waals surface area contributed by atoms with Gasteiger partial charge in [0.15, 0.2) is 38.2 Å². The van der Waals surface area contributed by atoms with Crippen LogP contribution in [0.25, 0.3) is 10.8 Å².